The number of amides is 1. The number of aromatic nitrogens is 2. The number of ether oxygens (including phenoxy) is 1. The van der Waals surface area contributed by atoms with Gasteiger partial charge in [-0.3, -0.25) is 14.4 Å². The van der Waals surface area contributed by atoms with Crippen LogP contribution in [0.25, 0.3) is 11.0 Å². The molecule has 0 unspecified atom stereocenters. The normalized spacial score (nSPS) is 10.9. The minimum Gasteiger partial charge on any atom is -0.433 e. The monoisotopic (exact) mass is 381 g/mol. The van der Waals surface area contributed by atoms with E-state index in [0.717, 1.165) is 0 Å². The first-order chi connectivity index (χ1) is 12.3. The minimum atomic E-state index is -3.01. The number of fused-ring (bicyclic) bond motifs is 1. The second-order valence-corrected chi connectivity index (χ2v) is 5.55. The van der Waals surface area contributed by atoms with Crippen LogP contribution in [0.5, 0.6) is 5.75 Å². The molecule has 0 saturated heterocycles. The van der Waals surface area contributed by atoms with Gasteiger partial charge in [-0.25, -0.2) is 0 Å². The molecular formula is C16H10ClF2N3O4. The smallest absolute Gasteiger partial charge is 0.387 e. The summed E-state index contributed by atoms with van der Waals surface area (Å²) < 4.78 is 28.6. The number of anilines is 1. The maximum atomic E-state index is 12.3. The van der Waals surface area contributed by atoms with Crippen LogP contribution in [0.15, 0.2) is 46.0 Å². The summed E-state index contributed by atoms with van der Waals surface area (Å²) in [5.41, 5.74) is -0.531. The van der Waals surface area contributed by atoms with Crippen LogP contribution in [0.4, 0.5) is 14.5 Å². The molecule has 0 fully saturated rings. The van der Waals surface area contributed by atoms with Crippen molar-refractivity contribution >= 4 is 34.2 Å². The van der Waals surface area contributed by atoms with Crippen LogP contribution < -0.4 is 21.2 Å². The van der Waals surface area contributed by atoms with Gasteiger partial charge in [0, 0.05) is 11.3 Å². The molecule has 10 heteroatoms. The maximum absolute atomic E-state index is 12.3. The average molecular weight is 382 g/mol. The predicted octanol–water partition coefficient (Wildman–Crippen LogP) is 2.72. The molecule has 26 heavy (non-hydrogen) atoms. The summed E-state index contributed by atoms with van der Waals surface area (Å²) in [5.74, 6) is -0.746. The number of H-pyrrole nitrogens is 2. The molecular weight excluding hydrogens is 372 g/mol. The Hall–Kier alpha value is -3.20. The lowest BCUT2D eigenvalue weighted by molar-refractivity contribution is -0.0497. The van der Waals surface area contributed by atoms with Crippen molar-refractivity contribution in [1.29, 1.82) is 0 Å². The van der Waals surface area contributed by atoms with E-state index in [-0.39, 0.29) is 27.5 Å². The van der Waals surface area contributed by atoms with Gasteiger partial charge in [-0.05, 0) is 36.4 Å². The summed E-state index contributed by atoms with van der Waals surface area (Å²) in [5, 5.41) is 2.45. The fraction of sp³-hybridized carbons (Fsp3) is 0.0625. The number of hydrogen-bond acceptors (Lipinski definition) is 4. The standard InChI is InChI=1S/C16H10ClF2N3O4/c17-9-6-8(2-4-12(9)26-16(18)19)20-13(23)7-1-3-10-11(5-7)22-15(25)14(24)21-10/h1-6,16H,(H,20,23)(H,21,24)(H,22,25). The highest BCUT2D eigenvalue weighted by Gasteiger charge is 2.12. The number of nitrogens with one attached hydrogen (secondary N) is 3. The number of carbonyl (C=O) groups is 1. The molecule has 3 rings (SSSR count). The molecule has 134 valence electrons. The van der Waals surface area contributed by atoms with Gasteiger partial charge in [0.15, 0.2) is 0 Å². The summed E-state index contributed by atoms with van der Waals surface area (Å²) in [4.78, 5) is 39.7. The Kier molecular flexibility index (Phi) is 4.72. The second-order valence-electron chi connectivity index (χ2n) is 5.15. The summed E-state index contributed by atoms with van der Waals surface area (Å²) in [6.45, 7) is -3.01. The number of carbonyl (C=O) groups excluding carboxylic acids is 1. The molecule has 3 aromatic rings. The summed E-state index contributed by atoms with van der Waals surface area (Å²) >= 11 is 5.83. The van der Waals surface area contributed by atoms with Crippen molar-refractivity contribution in [3.63, 3.8) is 0 Å². The van der Waals surface area contributed by atoms with Crippen LogP contribution >= 0.6 is 11.6 Å². The first-order valence-electron chi connectivity index (χ1n) is 7.15. The zero-order chi connectivity index (χ0) is 18.8. The third-order valence-electron chi connectivity index (χ3n) is 3.39. The van der Waals surface area contributed by atoms with E-state index < -0.39 is 23.6 Å². The Morgan fingerprint density at radius 2 is 1.73 bits per heavy atom. The zero-order valence-corrected chi connectivity index (χ0v) is 13.6. The van der Waals surface area contributed by atoms with E-state index in [2.05, 4.69) is 20.0 Å². The SMILES string of the molecule is O=C(Nc1ccc(OC(F)F)c(Cl)c1)c1ccc2[nH]c(=O)c(=O)[nH]c2c1. The maximum Gasteiger partial charge on any atom is 0.387 e. The first kappa shape index (κ1) is 17.6. The third kappa shape index (κ3) is 3.72. The number of hydrogen-bond donors (Lipinski definition) is 3. The van der Waals surface area contributed by atoms with Gasteiger partial charge in [-0.15, -0.1) is 0 Å². The van der Waals surface area contributed by atoms with Gasteiger partial charge in [0.05, 0.1) is 16.1 Å². The quantitative estimate of drug-likeness (QED) is 0.604. The molecule has 0 radical (unpaired) electrons. The topological polar surface area (TPSA) is 104 Å². The highest BCUT2D eigenvalue weighted by atomic mass is 35.5. The first-order valence-corrected chi connectivity index (χ1v) is 7.53. The average Bonchev–Trinajstić information content (AvgIpc) is 2.57. The largest absolute Gasteiger partial charge is 0.433 e. The van der Waals surface area contributed by atoms with E-state index in [4.69, 9.17) is 11.6 Å². The molecule has 3 N–H and O–H groups in total. The Labute approximate surface area is 148 Å². The van der Waals surface area contributed by atoms with Gasteiger partial charge in [0.1, 0.15) is 5.75 Å². The lowest BCUT2D eigenvalue weighted by Crippen LogP contribution is -2.29. The molecule has 0 saturated carbocycles. The van der Waals surface area contributed by atoms with Gasteiger partial charge in [0.25, 0.3) is 5.91 Å². The summed E-state index contributed by atoms with van der Waals surface area (Å²) in [6.07, 6.45) is 0. The van der Waals surface area contributed by atoms with Crippen molar-refractivity contribution in [3.05, 3.63) is 67.7 Å². The van der Waals surface area contributed by atoms with Crippen LogP contribution in [0, 0.1) is 0 Å². The minimum absolute atomic E-state index is 0.0940. The van der Waals surface area contributed by atoms with E-state index in [0.29, 0.717) is 5.52 Å². The molecule has 7 nitrogen and oxygen atoms in total. The molecule has 1 aromatic heterocycles. The zero-order valence-electron chi connectivity index (χ0n) is 12.8. The highest BCUT2D eigenvalue weighted by molar-refractivity contribution is 6.32. The highest BCUT2D eigenvalue weighted by Crippen LogP contribution is 2.29. The fourth-order valence-corrected chi connectivity index (χ4v) is 2.45. The van der Waals surface area contributed by atoms with Crippen molar-refractivity contribution in [2.45, 2.75) is 6.61 Å². The fourth-order valence-electron chi connectivity index (χ4n) is 2.23. The van der Waals surface area contributed by atoms with Crippen molar-refractivity contribution in [1.82, 2.24) is 9.97 Å². The molecule has 0 atom stereocenters. The predicted molar refractivity (Wildman–Crippen MR) is 91.2 cm³/mol. The van der Waals surface area contributed by atoms with Crippen LogP contribution in [0.3, 0.4) is 0 Å². The Morgan fingerprint density at radius 1 is 1.04 bits per heavy atom. The van der Waals surface area contributed by atoms with Gasteiger partial charge < -0.3 is 20.0 Å². The van der Waals surface area contributed by atoms with Gasteiger partial charge in [0.2, 0.25) is 0 Å². The number of rotatable bonds is 4. The molecule has 0 spiro atoms. The molecule has 1 heterocycles. The van der Waals surface area contributed by atoms with E-state index >= 15 is 0 Å². The second kappa shape index (κ2) is 6.96. The van der Waals surface area contributed by atoms with Crippen molar-refractivity contribution < 1.29 is 18.3 Å². The van der Waals surface area contributed by atoms with Crippen molar-refractivity contribution in [2.24, 2.45) is 0 Å². The Bertz CT molecular complexity index is 1110. The lowest BCUT2D eigenvalue weighted by atomic mass is 10.1. The van der Waals surface area contributed by atoms with Crippen LogP contribution in [-0.2, 0) is 0 Å². The van der Waals surface area contributed by atoms with Crippen LogP contribution in [0.1, 0.15) is 10.4 Å². The molecule has 1 amide bonds. The molecule has 0 aliphatic rings. The van der Waals surface area contributed by atoms with E-state index in [1.807, 2.05) is 0 Å². The number of benzene rings is 2. The molecule has 0 bridgehead atoms. The van der Waals surface area contributed by atoms with E-state index in [1.54, 1.807) is 0 Å². The molecule has 0 aliphatic heterocycles. The van der Waals surface area contributed by atoms with Crippen molar-refractivity contribution in [2.75, 3.05) is 5.32 Å². The van der Waals surface area contributed by atoms with Crippen LogP contribution in [0.2, 0.25) is 5.02 Å². The Balaban J connectivity index is 1.85. The number of alkyl halides is 2. The lowest BCUT2D eigenvalue weighted by Gasteiger charge is -2.10. The van der Waals surface area contributed by atoms with Gasteiger partial charge >= 0.3 is 17.7 Å². The van der Waals surface area contributed by atoms with E-state index in [9.17, 15) is 23.2 Å². The van der Waals surface area contributed by atoms with Crippen molar-refractivity contribution in [3.8, 4) is 5.75 Å². The molecule has 0 aliphatic carbocycles. The van der Waals surface area contributed by atoms with Crippen LogP contribution in [-0.4, -0.2) is 22.5 Å². The van der Waals surface area contributed by atoms with Gasteiger partial charge in [-0.2, -0.15) is 8.78 Å². The van der Waals surface area contributed by atoms with Gasteiger partial charge in [-0.1, -0.05) is 11.6 Å². The summed E-state index contributed by atoms with van der Waals surface area (Å²) in [6, 6.07) is 8.11. The Morgan fingerprint density at radius 3 is 2.38 bits per heavy atom. The summed E-state index contributed by atoms with van der Waals surface area (Å²) in [7, 11) is 0. The number of halogens is 3. The number of aromatic amines is 2. The third-order valence-corrected chi connectivity index (χ3v) is 3.69. The van der Waals surface area contributed by atoms with E-state index in [1.165, 1.54) is 36.4 Å². The molecule has 2 aromatic carbocycles.